The first kappa shape index (κ1) is 14.3. The Morgan fingerprint density at radius 3 is 2.17 bits per heavy atom. The first-order valence-corrected chi connectivity index (χ1v) is 8.09. The van der Waals surface area contributed by atoms with Crippen molar-refractivity contribution in [3.63, 3.8) is 0 Å². The summed E-state index contributed by atoms with van der Waals surface area (Å²) in [5, 5.41) is 0. The lowest BCUT2D eigenvalue weighted by Gasteiger charge is -2.39. The smallest absolute Gasteiger partial charge is 0.0550 e. The molecule has 0 spiro atoms. The normalized spacial score (nSPS) is 42.2. The molecule has 0 saturated heterocycles. The average molecular weight is 252 g/mol. The van der Waals surface area contributed by atoms with Crippen molar-refractivity contribution in [2.75, 3.05) is 0 Å². The molecule has 5 unspecified atom stereocenters. The first-order chi connectivity index (χ1) is 8.58. The van der Waals surface area contributed by atoms with Gasteiger partial charge in [-0.1, -0.05) is 39.5 Å². The largest absolute Gasteiger partial charge is 0.316 e. The zero-order chi connectivity index (χ0) is 13.1. The predicted molar refractivity (Wildman–Crippen MR) is 77.9 cm³/mol. The van der Waals surface area contributed by atoms with Crippen LogP contribution in [0.4, 0.5) is 0 Å². The molecule has 2 aliphatic carbocycles. The van der Waals surface area contributed by atoms with Crippen molar-refractivity contribution in [3.8, 4) is 0 Å². The van der Waals surface area contributed by atoms with Crippen molar-refractivity contribution in [1.29, 1.82) is 0 Å². The minimum absolute atomic E-state index is 0.0954. The van der Waals surface area contributed by atoms with Gasteiger partial charge in [-0.25, -0.2) is 0 Å². The third-order valence-corrected chi connectivity index (χ3v) is 5.83. The molecule has 2 heteroatoms. The summed E-state index contributed by atoms with van der Waals surface area (Å²) in [6, 6.07) is 0. The Balaban J connectivity index is 1.83. The standard InChI is InChI=1S/C16H32N2/c1-11-5-3-4-6-13(11)10-14-7-8-15(16(17)18)9-12(14)2/h11-16H,3-10,17-18H2,1-2H3. The van der Waals surface area contributed by atoms with Crippen LogP contribution in [0.5, 0.6) is 0 Å². The summed E-state index contributed by atoms with van der Waals surface area (Å²) >= 11 is 0. The molecule has 4 N–H and O–H groups in total. The third-order valence-electron chi connectivity index (χ3n) is 5.83. The van der Waals surface area contributed by atoms with Crippen molar-refractivity contribution in [1.82, 2.24) is 0 Å². The van der Waals surface area contributed by atoms with E-state index in [2.05, 4.69) is 13.8 Å². The van der Waals surface area contributed by atoms with Crippen LogP contribution >= 0.6 is 0 Å². The first-order valence-electron chi connectivity index (χ1n) is 8.09. The SMILES string of the molecule is CC1CCCCC1CC1CCC(C(N)N)CC1C. The maximum absolute atomic E-state index is 5.86. The minimum Gasteiger partial charge on any atom is -0.316 e. The molecule has 0 heterocycles. The maximum atomic E-state index is 5.86. The highest BCUT2D eigenvalue weighted by Gasteiger charge is 2.32. The van der Waals surface area contributed by atoms with Gasteiger partial charge in [-0.3, -0.25) is 0 Å². The molecule has 0 aromatic heterocycles. The number of hydrogen-bond donors (Lipinski definition) is 2. The molecule has 106 valence electrons. The Morgan fingerprint density at radius 2 is 1.56 bits per heavy atom. The molecule has 18 heavy (non-hydrogen) atoms. The Morgan fingerprint density at radius 1 is 0.889 bits per heavy atom. The van der Waals surface area contributed by atoms with Gasteiger partial charge in [-0.05, 0) is 55.3 Å². The fourth-order valence-electron chi connectivity index (χ4n) is 4.33. The van der Waals surface area contributed by atoms with Gasteiger partial charge < -0.3 is 11.5 Å². The van der Waals surface area contributed by atoms with Crippen molar-refractivity contribution in [3.05, 3.63) is 0 Å². The van der Waals surface area contributed by atoms with Crippen LogP contribution in [0.15, 0.2) is 0 Å². The lowest BCUT2D eigenvalue weighted by atomic mass is 9.67. The van der Waals surface area contributed by atoms with E-state index in [-0.39, 0.29) is 6.17 Å². The third kappa shape index (κ3) is 3.48. The molecular weight excluding hydrogens is 220 g/mol. The average Bonchev–Trinajstić information content (AvgIpc) is 2.34. The molecule has 0 aliphatic heterocycles. The van der Waals surface area contributed by atoms with Crippen LogP contribution in [0.1, 0.15) is 65.2 Å². The van der Waals surface area contributed by atoms with E-state index in [1.807, 2.05) is 0 Å². The summed E-state index contributed by atoms with van der Waals surface area (Å²) < 4.78 is 0. The van der Waals surface area contributed by atoms with Gasteiger partial charge in [-0.15, -0.1) is 0 Å². The van der Waals surface area contributed by atoms with E-state index in [0.717, 1.165) is 23.7 Å². The van der Waals surface area contributed by atoms with Crippen molar-refractivity contribution in [2.24, 2.45) is 41.1 Å². The highest BCUT2D eigenvalue weighted by Crippen LogP contribution is 2.42. The van der Waals surface area contributed by atoms with Crippen molar-refractivity contribution >= 4 is 0 Å². The second kappa shape index (κ2) is 6.38. The number of nitrogens with two attached hydrogens (primary N) is 2. The summed E-state index contributed by atoms with van der Waals surface area (Å²) in [5.74, 6) is 4.28. The molecule has 2 aliphatic rings. The zero-order valence-electron chi connectivity index (χ0n) is 12.3. The highest BCUT2D eigenvalue weighted by molar-refractivity contribution is 4.84. The van der Waals surface area contributed by atoms with Gasteiger partial charge in [0.15, 0.2) is 0 Å². The van der Waals surface area contributed by atoms with Gasteiger partial charge in [0.05, 0.1) is 6.17 Å². The van der Waals surface area contributed by atoms with Crippen LogP contribution in [0.25, 0.3) is 0 Å². The Hall–Kier alpha value is -0.0800. The second-order valence-electron chi connectivity index (χ2n) is 7.15. The van der Waals surface area contributed by atoms with E-state index in [1.165, 1.54) is 51.4 Å². The lowest BCUT2D eigenvalue weighted by Crippen LogP contribution is -2.42. The molecule has 0 amide bonds. The molecule has 0 radical (unpaired) electrons. The van der Waals surface area contributed by atoms with Crippen LogP contribution in [0.2, 0.25) is 0 Å². The Labute approximate surface area is 113 Å². The van der Waals surface area contributed by atoms with E-state index in [1.54, 1.807) is 0 Å². The molecule has 5 atom stereocenters. The number of hydrogen-bond acceptors (Lipinski definition) is 2. The van der Waals surface area contributed by atoms with Crippen LogP contribution < -0.4 is 11.5 Å². The van der Waals surface area contributed by atoms with E-state index in [4.69, 9.17) is 11.5 Å². The van der Waals surface area contributed by atoms with Gasteiger partial charge >= 0.3 is 0 Å². The topological polar surface area (TPSA) is 52.0 Å². The van der Waals surface area contributed by atoms with Gasteiger partial charge in [0.2, 0.25) is 0 Å². The summed E-state index contributed by atoms with van der Waals surface area (Å²) in [6.45, 7) is 4.89. The van der Waals surface area contributed by atoms with Gasteiger partial charge in [0.25, 0.3) is 0 Å². The molecule has 2 rings (SSSR count). The Bertz CT molecular complexity index is 251. The monoisotopic (exact) mass is 252 g/mol. The molecule has 0 aromatic carbocycles. The second-order valence-corrected chi connectivity index (χ2v) is 7.15. The molecule has 2 fully saturated rings. The minimum atomic E-state index is -0.0954. The van der Waals surface area contributed by atoms with Gasteiger partial charge in [0.1, 0.15) is 0 Å². The van der Waals surface area contributed by atoms with E-state index in [0.29, 0.717) is 5.92 Å². The van der Waals surface area contributed by atoms with Crippen LogP contribution in [0.3, 0.4) is 0 Å². The molecule has 2 saturated carbocycles. The van der Waals surface area contributed by atoms with Crippen molar-refractivity contribution < 1.29 is 0 Å². The molecule has 0 aromatic rings. The molecule has 2 nitrogen and oxygen atoms in total. The maximum Gasteiger partial charge on any atom is 0.0550 e. The van der Waals surface area contributed by atoms with Crippen LogP contribution in [-0.4, -0.2) is 6.17 Å². The number of rotatable bonds is 3. The summed E-state index contributed by atoms with van der Waals surface area (Å²) in [7, 11) is 0. The lowest BCUT2D eigenvalue weighted by molar-refractivity contribution is 0.120. The summed E-state index contributed by atoms with van der Waals surface area (Å²) in [5.41, 5.74) is 11.7. The zero-order valence-corrected chi connectivity index (χ0v) is 12.3. The summed E-state index contributed by atoms with van der Waals surface area (Å²) in [6.07, 6.45) is 11.1. The van der Waals surface area contributed by atoms with E-state index < -0.39 is 0 Å². The fourth-order valence-corrected chi connectivity index (χ4v) is 4.33. The van der Waals surface area contributed by atoms with Gasteiger partial charge in [0, 0.05) is 0 Å². The highest BCUT2D eigenvalue weighted by atomic mass is 14.9. The Kier molecular flexibility index (Phi) is 5.08. The van der Waals surface area contributed by atoms with E-state index in [9.17, 15) is 0 Å². The molecular formula is C16H32N2. The van der Waals surface area contributed by atoms with Crippen molar-refractivity contribution in [2.45, 2.75) is 71.4 Å². The van der Waals surface area contributed by atoms with Crippen LogP contribution in [0, 0.1) is 29.6 Å². The van der Waals surface area contributed by atoms with E-state index >= 15 is 0 Å². The summed E-state index contributed by atoms with van der Waals surface area (Å²) in [4.78, 5) is 0. The van der Waals surface area contributed by atoms with Gasteiger partial charge in [-0.2, -0.15) is 0 Å². The predicted octanol–water partition coefficient (Wildman–Crippen LogP) is 3.50. The van der Waals surface area contributed by atoms with Crippen LogP contribution in [-0.2, 0) is 0 Å². The molecule has 0 bridgehead atoms. The quantitative estimate of drug-likeness (QED) is 0.755. The fraction of sp³-hybridized carbons (Fsp3) is 1.00.